The number of amides is 2. The minimum atomic E-state index is -0.649. The van der Waals surface area contributed by atoms with Crippen LogP contribution in [-0.4, -0.2) is 6.03 Å². The molecule has 0 aliphatic rings. The summed E-state index contributed by atoms with van der Waals surface area (Å²) in [4.78, 5) is 10.3. The highest BCUT2D eigenvalue weighted by Crippen LogP contribution is 2.21. The number of carbonyl (C=O) groups is 1. The zero-order valence-corrected chi connectivity index (χ0v) is 6.31. The molecule has 0 aromatic carbocycles. The molecule has 3 N–H and O–H groups in total. The van der Waals surface area contributed by atoms with Crippen LogP contribution in [0.3, 0.4) is 0 Å². The van der Waals surface area contributed by atoms with E-state index < -0.39 is 6.03 Å². The smallest absolute Gasteiger partial charge is 0.317 e. The summed E-state index contributed by atoms with van der Waals surface area (Å²) in [5.74, 6) is 0. The quantitative estimate of drug-likeness (QED) is 0.657. The van der Waals surface area contributed by atoms with Crippen molar-refractivity contribution in [3.63, 3.8) is 0 Å². The standard InChI is InChI=1S/C6H5N3OS/c7-3-4-1-2-11-5(4)9-6(8)10/h1-2H,(H3,8,9,10). The van der Waals surface area contributed by atoms with Crippen molar-refractivity contribution >= 4 is 22.4 Å². The average Bonchev–Trinajstić information content (AvgIpc) is 2.34. The highest BCUT2D eigenvalue weighted by atomic mass is 32.1. The molecule has 0 aliphatic carbocycles. The Balaban J connectivity index is 2.87. The Morgan fingerprint density at radius 1 is 1.82 bits per heavy atom. The maximum absolute atomic E-state index is 10.3. The van der Waals surface area contributed by atoms with Crippen molar-refractivity contribution in [2.24, 2.45) is 5.73 Å². The topological polar surface area (TPSA) is 78.9 Å². The van der Waals surface area contributed by atoms with Crippen molar-refractivity contribution in [2.75, 3.05) is 5.32 Å². The van der Waals surface area contributed by atoms with Gasteiger partial charge >= 0.3 is 6.03 Å². The van der Waals surface area contributed by atoms with Crippen LogP contribution in [0, 0.1) is 11.3 Å². The maximum atomic E-state index is 10.3. The van der Waals surface area contributed by atoms with E-state index >= 15 is 0 Å². The van der Waals surface area contributed by atoms with Crippen LogP contribution in [-0.2, 0) is 0 Å². The lowest BCUT2D eigenvalue weighted by Crippen LogP contribution is -2.18. The Morgan fingerprint density at radius 2 is 2.55 bits per heavy atom. The van der Waals surface area contributed by atoms with Gasteiger partial charge in [0.15, 0.2) is 0 Å². The monoisotopic (exact) mass is 167 g/mol. The van der Waals surface area contributed by atoms with Crippen molar-refractivity contribution in [1.82, 2.24) is 0 Å². The van der Waals surface area contributed by atoms with E-state index in [1.807, 2.05) is 6.07 Å². The van der Waals surface area contributed by atoms with Crippen LogP contribution in [0.2, 0.25) is 0 Å². The molecule has 0 saturated carbocycles. The molecule has 2 amide bonds. The van der Waals surface area contributed by atoms with Crippen LogP contribution in [0.4, 0.5) is 9.80 Å². The number of rotatable bonds is 1. The molecular formula is C6H5N3OS. The number of thiophene rings is 1. The van der Waals surface area contributed by atoms with Crippen LogP contribution in [0.15, 0.2) is 11.4 Å². The number of nitrogens with zero attached hydrogens (tertiary/aromatic N) is 1. The fraction of sp³-hybridized carbons (Fsp3) is 0. The molecule has 4 nitrogen and oxygen atoms in total. The molecule has 0 radical (unpaired) electrons. The minimum absolute atomic E-state index is 0.439. The van der Waals surface area contributed by atoms with Crippen molar-refractivity contribution in [1.29, 1.82) is 5.26 Å². The van der Waals surface area contributed by atoms with Crippen molar-refractivity contribution in [3.8, 4) is 6.07 Å². The Hall–Kier alpha value is -1.54. The van der Waals surface area contributed by atoms with Gasteiger partial charge in [-0.05, 0) is 11.4 Å². The van der Waals surface area contributed by atoms with E-state index in [2.05, 4.69) is 5.32 Å². The molecule has 0 spiro atoms. The van der Waals surface area contributed by atoms with Gasteiger partial charge in [-0.3, -0.25) is 5.32 Å². The summed E-state index contributed by atoms with van der Waals surface area (Å²) in [5, 5.41) is 13.0. The zero-order chi connectivity index (χ0) is 8.27. The average molecular weight is 167 g/mol. The fourth-order valence-corrected chi connectivity index (χ4v) is 1.35. The second-order valence-corrected chi connectivity index (χ2v) is 2.68. The van der Waals surface area contributed by atoms with Gasteiger partial charge in [0, 0.05) is 0 Å². The zero-order valence-electron chi connectivity index (χ0n) is 5.50. The second-order valence-electron chi connectivity index (χ2n) is 1.76. The normalized spacial score (nSPS) is 8.64. The molecule has 0 saturated heterocycles. The van der Waals surface area contributed by atoms with Gasteiger partial charge in [-0.1, -0.05) is 0 Å². The number of urea groups is 1. The number of nitrogens with one attached hydrogen (secondary N) is 1. The van der Waals surface area contributed by atoms with Gasteiger partial charge in [-0.2, -0.15) is 5.26 Å². The molecule has 0 aliphatic heterocycles. The van der Waals surface area contributed by atoms with Gasteiger partial charge in [0.05, 0.1) is 5.56 Å². The van der Waals surface area contributed by atoms with Crippen molar-refractivity contribution in [2.45, 2.75) is 0 Å². The first-order valence-electron chi connectivity index (χ1n) is 2.78. The van der Waals surface area contributed by atoms with E-state index in [9.17, 15) is 4.79 Å². The molecule has 11 heavy (non-hydrogen) atoms. The number of primary amides is 1. The first-order valence-corrected chi connectivity index (χ1v) is 3.66. The minimum Gasteiger partial charge on any atom is -0.351 e. The molecule has 1 aromatic heterocycles. The third-order valence-corrected chi connectivity index (χ3v) is 1.85. The van der Waals surface area contributed by atoms with E-state index in [1.54, 1.807) is 11.4 Å². The van der Waals surface area contributed by atoms with E-state index in [0.717, 1.165) is 0 Å². The second kappa shape index (κ2) is 3.03. The first kappa shape index (κ1) is 7.57. The maximum Gasteiger partial charge on any atom is 0.317 e. The SMILES string of the molecule is N#Cc1ccsc1NC(N)=O. The van der Waals surface area contributed by atoms with Gasteiger partial charge in [0.1, 0.15) is 11.1 Å². The number of nitrogens with two attached hydrogens (primary N) is 1. The third kappa shape index (κ3) is 1.69. The molecule has 56 valence electrons. The molecule has 1 aromatic rings. The number of nitriles is 1. The van der Waals surface area contributed by atoms with Crippen LogP contribution < -0.4 is 11.1 Å². The van der Waals surface area contributed by atoms with Crippen LogP contribution in [0.5, 0.6) is 0 Å². The summed E-state index contributed by atoms with van der Waals surface area (Å²) in [7, 11) is 0. The first-order chi connectivity index (χ1) is 5.24. The van der Waals surface area contributed by atoms with Crippen molar-refractivity contribution < 1.29 is 4.79 Å². The lowest BCUT2D eigenvalue weighted by molar-refractivity contribution is 0.259. The number of hydrogen-bond acceptors (Lipinski definition) is 3. The molecule has 5 heteroatoms. The Bertz CT molecular complexity index is 312. The molecule has 0 bridgehead atoms. The molecule has 1 rings (SSSR count). The van der Waals surface area contributed by atoms with Crippen molar-refractivity contribution in [3.05, 3.63) is 17.0 Å². The summed E-state index contributed by atoms with van der Waals surface area (Å²) in [5.41, 5.74) is 5.29. The summed E-state index contributed by atoms with van der Waals surface area (Å²) >= 11 is 1.27. The molecule has 1 heterocycles. The van der Waals surface area contributed by atoms with Gasteiger partial charge in [0.2, 0.25) is 0 Å². The fourth-order valence-electron chi connectivity index (χ4n) is 0.606. The van der Waals surface area contributed by atoms with Gasteiger partial charge in [-0.25, -0.2) is 4.79 Å². The van der Waals surface area contributed by atoms with Crippen LogP contribution >= 0.6 is 11.3 Å². The molecule has 0 fully saturated rings. The van der Waals surface area contributed by atoms with Crippen LogP contribution in [0.1, 0.15) is 5.56 Å². The Kier molecular flexibility index (Phi) is 2.09. The number of anilines is 1. The molecule has 0 atom stereocenters. The Morgan fingerprint density at radius 3 is 3.09 bits per heavy atom. The summed E-state index contributed by atoms with van der Waals surface area (Å²) < 4.78 is 0. The van der Waals surface area contributed by atoms with E-state index in [0.29, 0.717) is 10.6 Å². The highest BCUT2D eigenvalue weighted by molar-refractivity contribution is 7.14. The van der Waals surface area contributed by atoms with Gasteiger partial charge in [-0.15, -0.1) is 11.3 Å². The largest absolute Gasteiger partial charge is 0.351 e. The van der Waals surface area contributed by atoms with Crippen LogP contribution in [0.25, 0.3) is 0 Å². The summed E-state index contributed by atoms with van der Waals surface area (Å²) in [6.45, 7) is 0. The molecule has 0 unspecified atom stereocenters. The molecular weight excluding hydrogens is 162 g/mol. The highest BCUT2D eigenvalue weighted by Gasteiger charge is 2.03. The third-order valence-electron chi connectivity index (χ3n) is 1.02. The van der Waals surface area contributed by atoms with Gasteiger partial charge in [0.25, 0.3) is 0 Å². The van der Waals surface area contributed by atoms with E-state index in [1.165, 1.54) is 11.3 Å². The predicted molar refractivity (Wildman–Crippen MR) is 42.2 cm³/mol. The predicted octanol–water partition coefficient (Wildman–Crippen LogP) is 1.11. The number of hydrogen-bond donors (Lipinski definition) is 2. The summed E-state index contributed by atoms with van der Waals surface area (Å²) in [6.07, 6.45) is 0. The van der Waals surface area contributed by atoms with E-state index in [4.69, 9.17) is 11.0 Å². The van der Waals surface area contributed by atoms with Gasteiger partial charge < -0.3 is 5.73 Å². The van der Waals surface area contributed by atoms with E-state index in [-0.39, 0.29) is 0 Å². The number of carbonyl (C=O) groups excluding carboxylic acids is 1. The lowest BCUT2D eigenvalue weighted by atomic mass is 10.3. The Labute approximate surface area is 67.2 Å². The lowest BCUT2D eigenvalue weighted by Gasteiger charge is -1.95. The summed E-state index contributed by atoms with van der Waals surface area (Å²) in [6, 6.07) is 2.89.